The van der Waals surface area contributed by atoms with Crippen LogP contribution in [0, 0.1) is 5.82 Å². The van der Waals surface area contributed by atoms with Gasteiger partial charge in [-0.15, -0.1) is 0 Å². The van der Waals surface area contributed by atoms with Crippen LogP contribution in [0.2, 0.25) is 0 Å². The second-order valence-corrected chi connectivity index (χ2v) is 6.48. The molecule has 0 unspecified atom stereocenters. The number of pyridine rings is 1. The number of halogens is 1. The number of morpholine rings is 1. The molecule has 4 rings (SSSR count). The Balaban J connectivity index is 1.57. The summed E-state index contributed by atoms with van der Waals surface area (Å²) in [5.41, 5.74) is 1.33. The number of ether oxygens (including phenoxy) is 1. The van der Waals surface area contributed by atoms with Crippen LogP contribution in [0.5, 0.6) is 0 Å². The van der Waals surface area contributed by atoms with E-state index in [0.717, 1.165) is 23.9 Å². The molecule has 0 N–H and O–H groups in total. The van der Waals surface area contributed by atoms with Crippen LogP contribution in [0.4, 0.5) is 10.1 Å². The summed E-state index contributed by atoms with van der Waals surface area (Å²) in [6.45, 7) is 3.29. The van der Waals surface area contributed by atoms with Crippen LogP contribution in [-0.4, -0.2) is 48.2 Å². The van der Waals surface area contributed by atoms with Crippen molar-refractivity contribution in [3.05, 3.63) is 70.5 Å². The highest BCUT2D eigenvalue weighted by Gasteiger charge is 2.28. The number of anilines is 1. The van der Waals surface area contributed by atoms with Gasteiger partial charge in [0, 0.05) is 37.2 Å². The van der Waals surface area contributed by atoms with Crippen LogP contribution in [-0.2, 0) is 9.53 Å². The number of benzene rings is 1. The van der Waals surface area contributed by atoms with Crippen molar-refractivity contribution in [2.75, 3.05) is 37.7 Å². The van der Waals surface area contributed by atoms with Crippen molar-refractivity contribution < 1.29 is 13.9 Å². The van der Waals surface area contributed by atoms with Gasteiger partial charge in [-0.1, -0.05) is 6.08 Å². The fraction of sp³-hybridized carbons (Fsp3) is 0.300. The smallest absolute Gasteiger partial charge is 0.291 e. The normalized spacial score (nSPS) is 17.8. The van der Waals surface area contributed by atoms with Gasteiger partial charge in [-0.3, -0.25) is 14.2 Å². The summed E-state index contributed by atoms with van der Waals surface area (Å²) in [4.78, 5) is 28.7. The van der Waals surface area contributed by atoms with Crippen LogP contribution in [0.3, 0.4) is 0 Å². The van der Waals surface area contributed by atoms with Crippen molar-refractivity contribution in [1.29, 1.82) is 0 Å². The maximum absolute atomic E-state index is 13.5. The molecule has 0 radical (unpaired) electrons. The zero-order valence-corrected chi connectivity index (χ0v) is 14.8. The monoisotopic (exact) mass is 369 g/mol. The minimum atomic E-state index is -0.798. The summed E-state index contributed by atoms with van der Waals surface area (Å²) >= 11 is 0. The van der Waals surface area contributed by atoms with Gasteiger partial charge in [0.25, 0.3) is 11.5 Å². The second-order valence-electron chi connectivity index (χ2n) is 6.48. The summed E-state index contributed by atoms with van der Waals surface area (Å²) in [6, 6.07) is 9.63. The number of hydrogen-bond acceptors (Lipinski definition) is 4. The van der Waals surface area contributed by atoms with Gasteiger partial charge in [0.15, 0.2) is 5.82 Å². The lowest BCUT2D eigenvalue weighted by atomic mass is 10.1. The van der Waals surface area contributed by atoms with Gasteiger partial charge in [0.1, 0.15) is 0 Å². The molecule has 1 aromatic heterocycles. The molecule has 0 saturated carbocycles. The predicted molar refractivity (Wildman–Crippen MR) is 99.4 cm³/mol. The third kappa shape index (κ3) is 3.38. The largest absolute Gasteiger partial charge is 0.378 e. The summed E-state index contributed by atoms with van der Waals surface area (Å²) in [5.74, 6) is -0.827. The lowest BCUT2D eigenvalue weighted by Crippen LogP contribution is -2.45. The Morgan fingerprint density at radius 1 is 0.926 bits per heavy atom. The maximum atomic E-state index is 13.5. The molecule has 0 spiro atoms. The van der Waals surface area contributed by atoms with Crippen LogP contribution in [0.15, 0.2) is 59.2 Å². The van der Waals surface area contributed by atoms with Gasteiger partial charge in [-0.2, -0.15) is 0 Å². The topological polar surface area (TPSA) is 54.8 Å². The van der Waals surface area contributed by atoms with Crippen molar-refractivity contribution in [2.24, 2.45) is 0 Å². The fourth-order valence-electron chi connectivity index (χ4n) is 3.44. The Labute approximate surface area is 156 Å². The molecule has 2 aromatic rings. The van der Waals surface area contributed by atoms with E-state index in [1.165, 1.54) is 16.8 Å². The van der Waals surface area contributed by atoms with Gasteiger partial charge >= 0.3 is 0 Å². The Kier molecular flexibility index (Phi) is 4.77. The average Bonchev–Trinajstić information content (AvgIpc) is 2.71. The van der Waals surface area contributed by atoms with Crippen LogP contribution in [0.1, 0.15) is 6.42 Å². The lowest BCUT2D eigenvalue weighted by molar-refractivity contribution is -0.117. The third-order valence-electron chi connectivity index (χ3n) is 4.85. The molecule has 0 atom stereocenters. The third-order valence-corrected chi connectivity index (χ3v) is 4.85. The Morgan fingerprint density at radius 2 is 1.63 bits per heavy atom. The van der Waals surface area contributed by atoms with E-state index in [1.807, 2.05) is 6.08 Å². The van der Waals surface area contributed by atoms with Crippen LogP contribution < -0.4 is 10.5 Å². The Bertz CT molecular complexity index is 930. The molecule has 1 saturated heterocycles. The number of amides is 1. The number of aromatic nitrogens is 1. The van der Waals surface area contributed by atoms with Gasteiger partial charge in [0.2, 0.25) is 0 Å². The van der Waals surface area contributed by atoms with Crippen molar-refractivity contribution in [3.8, 4) is 5.69 Å². The molecule has 0 bridgehead atoms. The van der Waals surface area contributed by atoms with Crippen molar-refractivity contribution in [3.63, 3.8) is 0 Å². The molecule has 2 aliphatic rings. The molecule has 1 amide bonds. The quantitative estimate of drug-likeness (QED) is 0.830. The van der Waals surface area contributed by atoms with E-state index in [9.17, 15) is 14.0 Å². The summed E-state index contributed by atoms with van der Waals surface area (Å²) in [6.07, 6.45) is 4.29. The molecule has 0 aliphatic carbocycles. The van der Waals surface area contributed by atoms with Crippen LogP contribution in [0.25, 0.3) is 5.69 Å². The van der Waals surface area contributed by atoms with E-state index in [4.69, 9.17) is 4.74 Å². The number of rotatable bonds is 3. The van der Waals surface area contributed by atoms with Crippen molar-refractivity contribution in [1.82, 2.24) is 9.47 Å². The molecule has 27 heavy (non-hydrogen) atoms. The highest BCUT2D eigenvalue weighted by molar-refractivity contribution is 6.06. The Morgan fingerprint density at radius 3 is 2.37 bits per heavy atom. The second kappa shape index (κ2) is 7.36. The molecular weight excluding hydrogens is 349 g/mol. The fourth-order valence-corrected chi connectivity index (χ4v) is 3.44. The molecular formula is C20H20FN3O3. The minimum absolute atomic E-state index is 0.0289. The zero-order valence-electron chi connectivity index (χ0n) is 14.8. The maximum Gasteiger partial charge on any atom is 0.291 e. The molecule has 2 aliphatic heterocycles. The highest BCUT2D eigenvalue weighted by Crippen LogP contribution is 2.24. The molecule has 1 aromatic carbocycles. The SMILES string of the molecule is O=C1C(N2CCOCC2)=CCCN1c1ccc(-n2cccc(F)c2=O)cc1. The number of carbonyl (C=O) groups is 1. The van der Waals surface area contributed by atoms with E-state index < -0.39 is 11.4 Å². The van der Waals surface area contributed by atoms with Gasteiger partial charge in [-0.05, 0) is 42.8 Å². The van der Waals surface area contributed by atoms with Crippen molar-refractivity contribution in [2.45, 2.75) is 6.42 Å². The highest BCUT2D eigenvalue weighted by atomic mass is 19.1. The molecule has 3 heterocycles. The first kappa shape index (κ1) is 17.5. The van der Waals surface area contributed by atoms with E-state index in [-0.39, 0.29) is 5.91 Å². The van der Waals surface area contributed by atoms with Gasteiger partial charge in [0.05, 0.1) is 18.9 Å². The lowest BCUT2D eigenvalue weighted by Gasteiger charge is -2.35. The first-order valence-corrected chi connectivity index (χ1v) is 8.97. The minimum Gasteiger partial charge on any atom is -0.378 e. The molecule has 7 heteroatoms. The standard InChI is InChI=1S/C20H20FN3O3/c21-17-3-1-9-23(19(17)25)15-5-7-16(8-6-15)24-10-2-4-18(20(24)26)22-11-13-27-14-12-22/h1,3-9H,2,10-14H2. The number of carbonyl (C=O) groups excluding carboxylic acids is 1. The van der Waals surface area contributed by atoms with E-state index >= 15 is 0 Å². The van der Waals surface area contributed by atoms with Crippen molar-refractivity contribution >= 4 is 11.6 Å². The van der Waals surface area contributed by atoms with Crippen LogP contribution >= 0.6 is 0 Å². The predicted octanol–water partition coefficient (Wildman–Crippen LogP) is 1.93. The van der Waals surface area contributed by atoms with Gasteiger partial charge in [-0.25, -0.2) is 4.39 Å². The first-order chi connectivity index (χ1) is 13.1. The zero-order chi connectivity index (χ0) is 18.8. The first-order valence-electron chi connectivity index (χ1n) is 8.97. The molecule has 140 valence electrons. The molecule has 6 nitrogen and oxygen atoms in total. The van der Waals surface area contributed by atoms with E-state index in [2.05, 4.69) is 4.90 Å². The van der Waals surface area contributed by atoms with Gasteiger partial charge < -0.3 is 14.5 Å². The number of nitrogens with zero attached hydrogens (tertiary/aromatic N) is 3. The summed E-state index contributed by atoms with van der Waals surface area (Å²) in [5, 5.41) is 0. The van der Waals surface area contributed by atoms with E-state index in [0.29, 0.717) is 38.5 Å². The molecule has 1 fully saturated rings. The number of hydrogen-bond donors (Lipinski definition) is 0. The van der Waals surface area contributed by atoms with E-state index in [1.54, 1.807) is 29.2 Å². The summed E-state index contributed by atoms with van der Waals surface area (Å²) in [7, 11) is 0. The summed E-state index contributed by atoms with van der Waals surface area (Å²) < 4.78 is 20.1. The Hall–Kier alpha value is -2.93. The average molecular weight is 369 g/mol.